The van der Waals surface area contributed by atoms with Crippen molar-refractivity contribution in [1.82, 2.24) is 10.2 Å². The summed E-state index contributed by atoms with van der Waals surface area (Å²) in [6.07, 6.45) is 4.44. The zero-order chi connectivity index (χ0) is 14.5. The number of aryl methyl sites for hydroxylation is 1. The van der Waals surface area contributed by atoms with Gasteiger partial charge in [-0.05, 0) is 24.5 Å². The van der Waals surface area contributed by atoms with E-state index >= 15 is 0 Å². The predicted octanol–water partition coefficient (Wildman–Crippen LogP) is 2.50. The van der Waals surface area contributed by atoms with E-state index in [9.17, 15) is 9.90 Å². The molecule has 0 radical (unpaired) electrons. The average molecular weight is 275 g/mol. The first-order chi connectivity index (χ1) is 9.67. The summed E-state index contributed by atoms with van der Waals surface area (Å²) < 4.78 is 4.97. The highest BCUT2D eigenvalue weighted by Crippen LogP contribution is 2.21. The van der Waals surface area contributed by atoms with Crippen molar-refractivity contribution >= 4 is 11.8 Å². The Balaban J connectivity index is 2.34. The number of hydrogen-bond acceptors (Lipinski definition) is 5. The number of hydrogen-bond donors (Lipinski definition) is 2. The fourth-order valence-electron chi connectivity index (χ4n) is 2.11. The van der Waals surface area contributed by atoms with Gasteiger partial charge in [-0.2, -0.15) is 5.10 Å². The summed E-state index contributed by atoms with van der Waals surface area (Å²) in [6.45, 7) is 4.30. The third kappa shape index (κ3) is 2.79. The van der Waals surface area contributed by atoms with E-state index < -0.39 is 5.97 Å². The Morgan fingerprint density at radius 1 is 1.35 bits per heavy atom. The average Bonchev–Trinajstić information content (AvgIpc) is 2.96. The Morgan fingerprint density at radius 2 is 2.15 bits per heavy atom. The van der Waals surface area contributed by atoms with Crippen molar-refractivity contribution in [3.8, 4) is 0 Å². The fourth-order valence-corrected chi connectivity index (χ4v) is 2.11. The van der Waals surface area contributed by atoms with Gasteiger partial charge in [0.2, 0.25) is 0 Å². The van der Waals surface area contributed by atoms with E-state index in [0.717, 1.165) is 16.8 Å². The van der Waals surface area contributed by atoms with Crippen LogP contribution in [0.15, 0.2) is 23.0 Å². The second kappa shape index (κ2) is 6.18. The second-order valence-corrected chi connectivity index (χ2v) is 4.35. The summed E-state index contributed by atoms with van der Waals surface area (Å²) in [5.41, 5.74) is 2.60. The molecule has 0 atom stereocenters. The number of nitrogens with one attached hydrogen (secondary N) is 1. The SMILES string of the molecule is CCc1nnc(NCc2ccoc2)c(C(=O)O)c1CC. The molecule has 20 heavy (non-hydrogen) atoms. The van der Waals surface area contributed by atoms with Crippen molar-refractivity contribution in [3.63, 3.8) is 0 Å². The zero-order valence-corrected chi connectivity index (χ0v) is 11.5. The second-order valence-electron chi connectivity index (χ2n) is 4.35. The molecule has 2 heterocycles. The molecule has 6 nitrogen and oxygen atoms in total. The number of furan rings is 1. The van der Waals surface area contributed by atoms with Crippen LogP contribution in [0.5, 0.6) is 0 Å². The quantitative estimate of drug-likeness (QED) is 0.842. The highest BCUT2D eigenvalue weighted by Gasteiger charge is 2.20. The maximum atomic E-state index is 11.5. The van der Waals surface area contributed by atoms with Crippen molar-refractivity contribution in [2.24, 2.45) is 0 Å². The molecule has 0 aliphatic carbocycles. The summed E-state index contributed by atoms with van der Waals surface area (Å²) in [5, 5.41) is 20.6. The molecule has 0 fully saturated rings. The van der Waals surface area contributed by atoms with Crippen molar-refractivity contribution in [3.05, 3.63) is 41.0 Å². The number of carboxylic acids is 1. The van der Waals surface area contributed by atoms with Crippen LogP contribution in [-0.2, 0) is 19.4 Å². The van der Waals surface area contributed by atoms with Gasteiger partial charge in [-0.3, -0.25) is 0 Å². The van der Waals surface area contributed by atoms with E-state index in [-0.39, 0.29) is 5.56 Å². The lowest BCUT2D eigenvalue weighted by Crippen LogP contribution is -2.15. The first-order valence-corrected chi connectivity index (χ1v) is 6.54. The van der Waals surface area contributed by atoms with Crippen LogP contribution in [0.2, 0.25) is 0 Å². The highest BCUT2D eigenvalue weighted by molar-refractivity contribution is 5.95. The summed E-state index contributed by atoms with van der Waals surface area (Å²) in [7, 11) is 0. The lowest BCUT2D eigenvalue weighted by molar-refractivity contribution is 0.0696. The Hall–Kier alpha value is -2.37. The molecule has 6 heteroatoms. The van der Waals surface area contributed by atoms with Crippen LogP contribution in [0.3, 0.4) is 0 Å². The molecule has 2 rings (SSSR count). The summed E-state index contributed by atoms with van der Waals surface area (Å²) in [6, 6.07) is 1.81. The smallest absolute Gasteiger partial charge is 0.339 e. The first kappa shape index (κ1) is 14.0. The number of rotatable bonds is 6. The van der Waals surface area contributed by atoms with Gasteiger partial charge in [-0.25, -0.2) is 4.79 Å². The highest BCUT2D eigenvalue weighted by atomic mass is 16.4. The molecule has 0 aromatic carbocycles. The lowest BCUT2D eigenvalue weighted by atomic mass is 10.0. The van der Waals surface area contributed by atoms with Crippen molar-refractivity contribution < 1.29 is 14.3 Å². The summed E-state index contributed by atoms with van der Waals surface area (Å²) in [4.78, 5) is 11.5. The molecule has 106 valence electrons. The minimum Gasteiger partial charge on any atom is -0.478 e. The predicted molar refractivity (Wildman–Crippen MR) is 73.8 cm³/mol. The molecule has 0 unspecified atom stereocenters. The van der Waals surface area contributed by atoms with Gasteiger partial charge < -0.3 is 14.8 Å². The van der Waals surface area contributed by atoms with Gasteiger partial charge in [-0.1, -0.05) is 13.8 Å². The van der Waals surface area contributed by atoms with Gasteiger partial charge in [0, 0.05) is 12.1 Å². The number of anilines is 1. The molecule has 0 aliphatic heterocycles. The normalized spacial score (nSPS) is 10.5. The Labute approximate surface area is 116 Å². The Kier molecular flexibility index (Phi) is 4.34. The molecule has 0 spiro atoms. The van der Waals surface area contributed by atoms with Gasteiger partial charge in [0.25, 0.3) is 0 Å². The first-order valence-electron chi connectivity index (χ1n) is 6.54. The van der Waals surface area contributed by atoms with Crippen molar-refractivity contribution in [1.29, 1.82) is 0 Å². The molecule has 0 amide bonds. The molecule has 0 bridgehead atoms. The van der Waals surface area contributed by atoms with Crippen LogP contribution in [-0.4, -0.2) is 21.3 Å². The van der Waals surface area contributed by atoms with Crippen LogP contribution in [0.25, 0.3) is 0 Å². The monoisotopic (exact) mass is 275 g/mol. The number of aromatic carboxylic acids is 1. The molecule has 2 aromatic heterocycles. The Morgan fingerprint density at radius 3 is 2.70 bits per heavy atom. The maximum Gasteiger partial charge on any atom is 0.339 e. The molecular weight excluding hydrogens is 258 g/mol. The number of carboxylic acid groups (broad SMARTS) is 1. The van der Waals surface area contributed by atoms with E-state index in [1.165, 1.54) is 0 Å². The lowest BCUT2D eigenvalue weighted by Gasteiger charge is -2.13. The van der Waals surface area contributed by atoms with Gasteiger partial charge >= 0.3 is 5.97 Å². The molecule has 2 aromatic rings. The van der Waals surface area contributed by atoms with E-state index in [2.05, 4.69) is 15.5 Å². The zero-order valence-electron chi connectivity index (χ0n) is 11.5. The molecule has 2 N–H and O–H groups in total. The van der Waals surface area contributed by atoms with Gasteiger partial charge in [0.05, 0.1) is 18.2 Å². The summed E-state index contributed by atoms with van der Waals surface area (Å²) in [5.74, 6) is -0.686. The fraction of sp³-hybridized carbons (Fsp3) is 0.357. The van der Waals surface area contributed by atoms with E-state index in [1.807, 2.05) is 19.9 Å². The van der Waals surface area contributed by atoms with E-state index in [1.54, 1.807) is 12.5 Å². The van der Waals surface area contributed by atoms with Gasteiger partial charge in [0.1, 0.15) is 5.56 Å². The van der Waals surface area contributed by atoms with Crippen LogP contribution in [0, 0.1) is 0 Å². The molecule has 0 saturated heterocycles. The third-order valence-corrected chi connectivity index (χ3v) is 3.10. The number of carbonyl (C=O) groups is 1. The van der Waals surface area contributed by atoms with Gasteiger partial charge in [-0.15, -0.1) is 5.10 Å². The number of nitrogens with zero attached hydrogens (tertiary/aromatic N) is 2. The molecular formula is C14H17N3O3. The number of aromatic nitrogens is 2. The molecule has 0 saturated carbocycles. The van der Waals surface area contributed by atoms with Crippen LogP contribution < -0.4 is 5.32 Å². The Bertz CT molecular complexity index is 594. The van der Waals surface area contributed by atoms with Crippen LogP contribution in [0.1, 0.15) is 41.0 Å². The van der Waals surface area contributed by atoms with E-state index in [0.29, 0.717) is 25.2 Å². The topological polar surface area (TPSA) is 88.3 Å². The van der Waals surface area contributed by atoms with Crippen LogP contribution >= 0.6 is 0 Å². The molecule has 0 aliphatic rings. The largest absolute Gasteiger partial charge is 0.478 e. The minimum absolute atomic E-state index is 0.211. The van der Waals surface area contributed by atoms with Crippen LogP contribution in [0.4, 0.5) is 5.82 Å². The maximum absolute atomic E-state index is 11.5. The third-order valence-electron chi connectivity index (χ3n) is 3.10. The summed E-state index contributed by atoms with van der Waals surface area (Å²) >= 11 is 0. The van der Waals surface area contributed by atoms with E-state index in [4.69, 9.17) is 4.42 Å². The standard InChI is InChI=1S/C14H17N3O3/c1-3-10-11(4-2)16-17-13(12(10)14(18)19)15-7-9-5-6-20-8-9/h5-6,8H,3-4,7H2,1-2H3,(H,15,17)(H,18,19). The van der Waals surface area contributed by atoms with Crippen molar-refractivity contribution in [2.75, 3.05) is 5.32 Å². The van der Waals surface area contributed by atoms with Gasteiger partial charge in [0.15, 0.2) is 5.82 Å². The minimum atomic E-state index is -0.985. The van der Waals surface area contributed by atoms with Crippen molar-refractivity contribution in [2.45, 2.75) is 33.2 Å².